The first-order valence-electron chi connectivity index (χ1n) is 8.69. The standard InChI is InChI=1S/C21H20F2N4O/c1-21(2,3)13-7-9-14(10-8-13)26-18-12-24-17(11-25-18)20(28)27-19-15(22)5-4-6-16(19)23/h4-12H,1-3H3,(H,25,26)(H,27,28). The van der Waals surface area contributed by atoms with Gasteiger partial charge < -0.3 is 10.6 Å². The highest BCUT2D eigenvalue weighted by Crippen LogP contribution is 2.24. The normalized spacial score (nSPS) is 11.2. The predicted molar refractivity (Wildman–Crippen MR) is 105 cm³/mol. The van der Waals surface area contributed by atoms with Crippen molar-refractivity contribution in [3.05, 3.63) is 77.8 Å². The number of aromatic nitrogens is 2. The van der Waals surface area contributed by atoms with E-state index < -0.39 is 23.2 Å². The number of hydrogen-bond donors (Lipinski definition) is 2. The summed E-state index contributed by atoms with van der Waals surface area (Å²) >= 11 is 0. The summed E-state index contributed by atoms with van der Waals surface area (Å²) in [7, 11) is 0. The maximum Gasteiger partial charge on any atom is 0.276 e. The average molecular weight is 382 g/mol. The number of nitrogens with zero attached hydrogens (tertiary/aromatic N) is 2. The summed E-state index contributed by atoms with van der Waals surface area (Å²) in [5.74, 6) is -2.04. The van der Waals surface area contributed by atoms with Crippen LogP contribution in [0.2, 0.25) is 0 Å². The number of hydrogen-bond acceptors (Lipinski definition) is 4. The molecular formula is C21H20F2N4O. The molecule has 28 heavy (non-hydrogen) atoms. The average Bonchev–Trinajstić information content (AvgIpc) is 2.65. The summed E-state index contributed by atoms with van der Waals surface area (Å²) in [6.45, 7) is 6.41. The van der Waals surface area contributed by atoms with Crippen LogP contribution in [0.15, 0.2) is 54.9 Å². The van der Waals surface area contributed by atoms with Crippen LogP contribution in [0, 0.1) is 11.6 Å². The molecule has 0 unspecified atom stereocenters. The van der Waals surface area contributed by atoms with E-state index in [4.69, 9.17) is 0 Å². The Morgan fingerprint density at radius 3 is 2.11 bits per heavy atom. The first kappa shape index (κ1) is 19.4. The molecule has 0 saturated carbocycles. The number of nitrogens with one attached hydrogen (secondary N) is 2. The van der Waals surface area contributed by atoms with Crippen LogP contribution in [0.5, 0.6) is 0 Å². The molecule has 2 aromatic carbocycles. The monoisotopic (exact) mass is 382 g/mol. The Balaban J connectivity index is 1.68. The number of carbonyl (C=O) groups excluding carboxylic acids is 1. The molecule has 0 radical (unpaired) electrons. The molecule has 3 aromatic rings. The Kier molecular flexibility index (Phi) is 5.35. The van der Waals surface area contributed by atoms with Gasteiger partial charge in [-0.2, -0.15) is 0 Å². The van der Waals surface area contributed by atoms with Crippen LogP contribution in [0.3, 0.4) is 0 Å². The smallest absolute Gasteiger partial charge is 0.276 e. The van der Waals surface area contributed by atoms with E-state index >= 15 is 0 Å². The molecule has 1 heterocycles. The molecule has 0 aliphatic carbocycles. The summed E-state index contributed by atoms with van der Waals surface area (Å²) in [4.78, 5) is 20.3. The fraction of sp³-hybridized carbons (Fsp3) is 0.190. The zero-order chi connectivity index (χ0) is 20.3. The molecule has 0 aliphatic heterocycles. The van der Waals surface area contributed by atoms with Crippen molar-refractivity contribution >= 4 is 23.1 Å². The minimum Gasteiger partial charge on any atom is -0.339 e. The maximum atomic E-state index is 13.6. The third kappa shape index (κ3) is 4.49. The van der Waals surface area contributed by atoms with Gasteiger partial charge in [-0.05, 0) is 35.2 Å². The van der Waals surface area contributed by atoms with Gasteiger partial charge in [0.05, 0.1) is 12.4 Å². The van der Waals surface area contributed by atoms with Crippen molar-refractivity contribution in [3.8, 4) is 0 Å². The van der Waals surface area contributed by atoms with Crippen molar-refractivity contribution in [1.82, 2.24) is 9.97 Å². The van der Waals surface area contributed by atoms with Crippen LogP contribution < -0.4 is 10.6 Å². The van der Waals surface area contributed by atoms with Gasteiger partial charge in [0.25, 0.3) is 5.91 Å². The summed E-state index contributed by atoms with van der Waals surface area (Å²) in [6, 6.07) is 11.3. The Hall–Kier alpha value is -3.35. The van der Waals surface area contributed by atoms with Crippen molar-refractivity contribution in [2.45, 2.75) is 26.2 Å². The molecule has 0 fully saturated rings. The SMILES string of the molecule is CC(C)(C)c1ccc(Nc2cnc(C(=O)Nc3c(F)cccc3F)cn2)cc1. The van der Waals surface area contributed by atoms with Crippen LogP contribution in [-0.2, 0) is 5.41 Å². The largest absolute Gasteiger partial charge is 0.339 e. The third-order valence-electron chi connectivity index (χ3n) is 4.11. The summed E-state index contributed by atoms with van der Waals surface area (Å²) < 4.78 is 27.3. The van der Waals surface area contributed by atoms with Crippen LogP contribution in [0.25, 0.3) is 0 Å². The summed E-state index contributed by atoms with van der Waals surface area (Å²) in [5.41, 5.74) is 1.52. The highest BCUT2D eigenvalue weighted by Gasteiger charge is 2.15. The number of halogens is 2. The van der Waals surface area contributed by atoms with Gasteiger partial charge in [-0.1, -0.05) is 39.0 Å². The lowest BCUT2D eigenvalue weighted by molar-refractivity contribution is 0.102. The number of rotatable bonds is 4. The Morgan fingerprint density at radius 2 is 1.57 bits per heavy atom. The van der Waals surface area contributed by atoms with E-state index in [0.29, 0.717) is 5.82 Å². The van der Waals surface area contributed by atoms with E-state index in [9.17, 15) is 13.6 Å². The van der Waals surface area contributed by atoms with E-state index in [1.54, 1.807) is 0 Å². The fourth-order valence-electron chi connectivity index (χ4n) is 2.51. The molecular weight excluding hydrogens is 362 g/mol. The highest BCUT2D eigenvalue weighted by atomic mass is 19.1. The molecule has 7 heteroatoms. The van der Waals surface area contributed by atoms with E-state index in [0.717, 1.165) is 17.8 Å². The van der Waals surface area contributed by atoms with Gasteiger partial charge in [-0.25, -0.2) is 18.7 Å². The molecule has 0 atom stereocenters. The highest BCUT2D eigenvalue weighted by molar-refractivity contribution is 6.02. The number of benzene rings is 2. The van der Waals surface area contributed by atoms with Gasteiger partial charge in [-0.3, -0.25) is 4.79 Å². The third-order valence-corrected chi connectivity index (χ3v) is 4.11. The Bertz CT molecular complexity index is 961. The topological polar surface area (TPSA) is 66.9 Å². The van der Waals surface area contributed by atoms with Crippen molar-refractivity contribution in [2.24, 2.45) is 0 Å². The minimum atomic E-state index is -0.863. The predicted octanol–water partition coefficient (Wildman–Crippen LogP) is 5.05. The molecule has 0 saturated heterocycles. The second-order valence-corrected chi connectivity index (χ2v) is 7.29. The van der Waals surface area contributed by atoms with Gasteiger partial charge in [0.2, 0.25) is 0 Å². The molecule has 5 nitrogen and oxygen atoms in total. The van der Waals surface area contributed by atoms with Gasteiger partial charge in [-0.15, -0.1) is 0 Å². The molecule has 1 amide bonds. The van der Waals surface area contributed by atoms with Crippen LogP contribution in [0.4, 0.5) is 26.0 Å². The molecule has 0 bridgehead atoms. The summed E-state index contributed by atoms with van der Waals surface area (Å²) in [6.07, 6.45) is 2.62. The fourth-order valence-corrected chi connectivity index (χ4v) is 2.51. The lowest BCUT2D eigenvalue weighted by atomic mass is 9.87. The van der Waals surface area contributed by atoms with Gasteiger partial charge >= 0.3 is 0 Å². The van der Waals surface area contributed by atoms with Gasteiger partial charge in [0.1, 0.15) is 28.8 Å². The molecule has 144 valence electrons. The van der Waals surface area contributed by atoms with Gasteiger partial charge in [0, 0.05) is 5.69 Å². The summed E-state index contributed by atoms with van der Waals surface area (Å²) in [5, 5.41) is 5.26. The van der Waals surface area contributed by atoms with Crippen molar-refractivity contribution in [2.75, 3.05) is 10.6 Å². The minimum absolute atomic E-state index is 0.0590. The van der Waals surface area contributed by atoms with Crippen molar-refractivity contribution in [1.29, 1.82) is 0 Å². The van der Waals surface area contributed by atoms with E-state index in [-0.39, 0.29) is 11.1 Å². The van der Waals surface area contributed by atoms with Crippen LogP contribution in [0.1, 0.15) is 36.8 Å². The Labute approximate surface area is 161 Å². The lowest BCUT2D eigenvalue weighted by Gasteiger charge is -2.19. The van der Waals surface area contributed by atoms with Crippen molar-refractivity contribution < 1.29 is 13.6 Å². The molecule has 2 N–H and O–H groups in total. The lowest BCUT2D eigenvalue weighted by Crippen LogP contribution is -2.16. The maximum absolute atomic E-state index is 13.6. The molecule has 0 aliphatic rings. The van der Waals surface area contributed by atoms with Crippen LogP contribution >= 0.6 is 0 Å². The second-order valence-electron chi connectivity index (χ2n) is 7.29. The zero-order valence-corrected chi connectivity index (χ0v) is 15.8. The first-order chi connectivity index (χ1) is 13.2. The van der Waals surface area contributed by atoms with E-state index in [2.05, 4.69) is 41.4 Å². The quantitative estimate of drug-likeness (QED) is 0.663. The van der Waals surface area contributed by atoms with E-state index in [1.165, 1.54) is 24.0 Å². The second kappa shape index (κ2) is 7.72. The molecule has 3 rings (SSSR count). The zero-order valence-electron chi connectivity index (χ0n) is 15.8. The van der Waals surface area contributed by atoms with Gasteiger partial charge in [0.15, 0.2) is 0 Å². The number of amides is 1. The number of para-hydroxylation sites is 1. The number of carbonyl (C=O) groups is 1. The molecule has 0 spiro atoms. The first-order valence-corrected chi connectivity index (χ1v) is 8.69. The van der Waals surface area contributed by atoms with Crippen molar-refractivity contribution in [3.63, 3.8) is 0 Å². The Morgan fingerprint density at radius 1 is 0.929 bits per heavy atom. The van der Waals surface area contributed by atoms with Crippen LogP contribution in [-0.4, -0.2) is 15.9 Å². The molecule has 1 aromatic heterocycles. The number of anilines is 3. The van der Waals surface area contributed by atoms with E-state index in [1.807, 2.05) is 24.3 Å².